The van der Waals surface area contributed by atoms with Gasteiger partial charge in [-0.15, -0.1) is 0 Å². The minimum Gasteiger partial charge on any atom is -0.455 e. The van der Waals surface area contributed by atoms with E-state index in [9.17, 15) is 0 Å². The van der Waals surface area contributed by atoms with Gasteiger partial charge in [0.05, 0.1) is 5.69 Å². The van der Waals surface area contributed by atoms with Crippen LogP contribution in [0.15, 0.2) is 253 Å². The molecule has 0 saturated carbocycles. The average Bonchev–Trinajstić information content (AvgIpc) is 3.75. The highest BCUT2D eigenvalue weighted by Gasteiger charge is 2.21. The third-order valence-electron chi connectivity index (χ3n) is 11.9. The van der Waals surface area contributed by atoms with Gasteiger partial charge in [0.15, 0.2) is 0 Å². The molecule has 10 aromatic carbocycles. The SMILES string of the molecule is c1ccc(-c2ccc(N(c3ccc(-c4cccc5c4oc4ccccc45)cc3)c3ccc(-c4cccc(-c5ccccc5)c4-c4ccccc4)cc3-c3ccccc3)cc2)cc1. The Morgan fingerprint density at radius 3 is 1.35 bits per heavy atom. The molecule has 0 aliphatic carbocycles. The van der Waals surface area contributed by atoms with Crippen LogP contribution in [0.25, 0.3) is 88.7 Å². The van der Waals surface area contributed by atoms with E-state index in [4.69, 9.17) is 4.42 Å². The second kappa shape index (κ2) is 16.1. The minimum atomic E-state index is 0.899. The maximum atomic E-state index is 6.47. The van der Waals surface area contributed by atoms with Gasteiger partial charge in [0.2, 0.25) is 0 Å². The highest BCUT2D eigenvalue weighted by molar-refractivity contribution is 6.09. The molecule has 0 unspecified atom stereocenters. The Morgan fingerprint density at radius 1 is 0.274 bits per heavy atom. The smallest absolute Gasteiger partial charge is 0.143 e. The lowest BCUT2D eigenvalue weighted by molar-refractivity contribution is 0.670. The van der Waals surface area contributed by atoms with Crippen molar-refractivity contribution in [1.29, 1.82) is 0 Å². The second-order valence-electron chi connectivity index (χ2n) is 15.6. The molecule has 1 heterocycles. The van der Waals surface area contributed by atoms with Crippen molar-refractivity contribution in [2.45, 2.75) is 0 Å². The Balaban J connectivity index is 1.09. The first-order valence-corrected chi connectivity index (χ1v) is 21.2. The van der Waals surface area contributed by atoms with Crippen molar-refractivity contribution in [2.24, 2.45) is 0 Å². The summed E-state index contributed by atoms with van der Waals surface area (Å²) in [5.41, 5.74) is 19.0. The number of hydrogen-bond donors (Lipinski definition) is 0. The molecule has 0 spiro atoms. The largest absolute Gasteiger partial charge is 0.455 e. The van der Waals surface area contributed by atoms with Gasteiger partial charge in [-0.1, -0.05) is 206 Å². The lowest BCUT2D eigenvalue weighted by atomic mass is 9.86. The van der Waals surface area contributed by atoms with Gasteiger partial charge < -0.3 is 9.32 Å². The summed E-state index contributed by atoms with van der Waals surface area (Å²) in [6.07, 6.45) is 0. The summed E-state index contributed by atoms with van der Waals surface area (Å²) in [4.78, 5) is 2.39. The summed E-state index contributed by atoms with van der Waals surface area (Å²) in [7, 11) is 0. The van der Waals surface area contributed by atoms with Crippen LogP contribution in [-0.4, -0.2) is 0 Å². The molecule has 11 aromatic rings. The minimum absolute atomic E-state index is 0.899. The number of fused-ring (bicyclic) bond motifs is 3. The molecule has 0 aliphatic heterocycles. The first-order valence-electron chi connectivity index (χ1n) is 21.2. The van der Waals surface area contributed by atoms with Crippen molar-refractivity contribution >= 4 is 39.0 Å². The van der Waals surface area contributed by atoms with Crippen LogP contribution in [0.3, 0.4) is 0 Å². The molecule has 0 saturated heterocycles. The maximum absolute atomic E-state index is 6.47. The van der Waals surface area contributed by atoms with Crippen molar-refractivity contribution in [3.63, 3.8) is 0 Å². The molecule has 0 N–H and O–H groups in total. The number of nitrogens with zero attached hydrogens (tertiary/aromatic N) is 1. The first kappa shape index (κ1) is 36.8. The van der Waals surface area contributed by atoms with E-state index < -0.39 is 0 Å². The molecule has 292 valence electrons. The molecule has 1 aromatic heterocycles. The van der Waals surface area contributed by atoms with Gasteiger partial charge in [-0.25, -0.2) is 0 Å². The molecular formula is C60H41NO. The monoisotopic (exact) mass is 791 g/mol. The highest BCUT2D eigenvalue weighted by atomic mass is 16.3. The average molecular weight is 792 g/mol. The molecule has 0 bridgehead atoms. The Bertz CT molecular complexity index is 3300. The quantitative estimate of drug-likeness (QED) is 0.145. The van der Waals surface area contributed by atoms with Crippen molar-refractivity contribution < 1.29 is 4.42 Å². The van der Waals surface area contributed by atoms with E-state index in [1.807, 2.05) is 12.1 Å². The summed E-state index contributed by atoms with van der Waals surface area (Å²) in [5.74, 6) is 0. The van der Waals surface area contributed by atoms with Gasteiger partial charge in [-0.2, -0.15) is 0 Å². The molecule has 0 aliphatic rings. The number of benzene rings is 10. The van der Waals surface area contributed by atoms with Crippen LogP contribution in [0, 0.1) is 0 Å². The topological polar surface area (TPSA) is 16.4 Å². The van der Waals surface area contributed by atoms with Gasteiger partial charge in [-0.3, -0.25) is 0 Å². The highest BCUT2D eigenvalue weighted by Crippen LogP contribution is 2.46. The van der Waals surface area contributed by atoms with E-state index in [1.165, 1.54) is 38.9 Å². The first-order chi connectivity index (χ1) is 30.8. The van der Waals surface area contributed by atoms with Gasteiger partial charge in [0.1, 0.15) is 11.2 Å². The Kier molecular flexibility index (Phi) is 9.57. The standard InChI is InChI=1S/C60H41NO/c1-5-17-42(18-6-1)43-31-36-49(37-32-43)61(50-38-33-46(34-39-50)53-28-16-29-55-54-25-13-14-30-58(54)62-60(53)55)57-40-35-48(41-56(57)45-21-9-3-10-22-45)52-27-15-26-51(44-19-7-2-8-20-44)59(52)47-23-11-4-12-24-47/h1-41H. The van der Waals surface area contributed by atoms with Crippen LogP contribution in [0.2, 0.25) is 0 Å². The third kappa shape index (κ3) is 6.84. The summed E-state index contributed by atoms with van der Waals surface area (Å²) in [5, 5.41) is 2.25. The van der Waals surface area contributed by atoms with E-state index in [-0.39, 0.29) is 0 Å². The van der Waals surface area contributed by atoms with Crippen LogP contribution in [0.1, 0.15) is 0 Å². The zero-order valence-corrected chi connectivity index (χ0v) is 34.0. The van der Waals surface area contributed by atoms with Crippen LogP contribution < -0.4 is 4.90 Å². The normalized spacial score (nSPS) is 11.2. The molecular weight excluding hydrogens is 751 g/mol. The van der Waals surface area contributed by atoms with Gasteiger partial charge in [-0.05, 0) is 98.1 Å². The molecule has 62 heavy (non-hydrogen) atoms. The van der Waals surface area contributed by atoms with Crippen molar-refractivity contribution in [3.8, 4) is 66.8 Å². The van der Waals surface area contributed by atoms with Crippen LogP contribution in [-0.2, 0) is 0 Å². The van der Waals surface area contributed by atoms with Crippen LogP contribution in [0.4, 0.5) is 17.1 Å². The predicted octanol–water partition coefficient (Wildman–Crippen LogP) is 17.1. The number of para-hydroxylation sites is 2. The number of furan rings is 1. The second-order valence-corrected chi connectivity index (χ2v) is 15.6. The zero-order chi connectivity index (χ0) is 41.2. The summed E-state index contributed by atoms with van der Waals surface area (Å²) in [6, 6.07) is 89.1. The molecule has 2 heteroatoms. The molecule has 0 fully saturated rings. The zero-order valence-electron chi connectivity index (χ0n) is 34.0. The lowest BCUT2D eigenvalue weighted by Gasteiger charge is -2.29. The fraction of sp³-hybridized carbons (Fsp3) is 0. The Labute approximate surface area is 362 Å². The van der Waals surface area contributed by atoms with Gasteiger partial charge >= 0.3 is 0 Å². The number of rotatable bonds is 9. The Morgan fingerprint density at radius 2 is 0.710 bits per heavy atom. The third-order valence-corrected chi connectivity index (χ3v) is 11.9. The van der Waals surface area contributed by atoms with Crippen LogP contribution >= 0.6 is 0 Å². The van der Waals surface area contributed by atoms with Crippen molar-refractivity contribution in [2.75, 3.05) is 4.90 Å². The lowest BCUT2D eigenvalue weighted by Crippen LogP contribution is -2.11. The van der Waals surface area contributed by atoms with E-state index in [1.54, 1.807) is 0 Å². The van der Waals surface area contributed by atoms with E-state index in [2.05, 4.69) is 241 Å². The molecule has 0 radical (unpaired) electrons. The number of anilines is 3. The van der Waals surface area contributed by atoms with Gasteiger partial charge in [0, 0.05) is 33.3 Å². The van der Waals surface area contributed by atoms with Crippen molar-refractivity contribution in [3.05, 3.63) is 249 Å². The van der Waals surface area contributed by atoms with Crippen LogP contribution in [0.5, 0.6) is 0 Å². The maximum Gasteiger partial charge on any atom is 0.143 e. The van der Waals surface area contributed by atoms with E-state index in [0.29, 0.717) is 0 Å². The predicted molar refractivity (Wildman–Crippen MR) is 261 cm³/mol. The van der Waals surface area contributed by atoms with E-state index in [0.717, 1.165) is 66.8 Å². The van der Waals surface area contributed by atoms with Crippen molar-refractivity contribution in [1.82, 2.24) is 0 Å². The summed E-state index contributed by atoms with van der Waals surface area (Å²) < 4.78 is 6.47. The summed E-state index contributed by atoms with van der Waals surface area (Å²) >= 11 is 0. The van der Waals surface area contributed by atoms with E-state index >= 15 is 0 Å². The fourth-order valence-corrected chi connectivity index (χ4v) is 8.94. The summed E-state index contributed by atoms with van der Waals surface area (Å²) in [6.45, 7) is 0. The Hall–Kier alpha value is -8.20. The molecule has 0 amide bonds. The molecule has 0 atom stereocenters. The van der Waals surface area contributed by atoms with Gasteiger partial charge in [0.25, 0.3) is 0 Å². The molecule has 2 nitrogen and oxygen atoms in total. The molecule has 11 rings (SSSR count). The number of hydrogen-bond acceptors (Lipinski definition) is 2. The fourth-order valence-electron chi connectivity index (χ4n) is 8.94.